The zero-order valence-corrected chi connectivity index (χ0v) is 26.0. The molecule has 1 aromatic rings. The maximum Gasteiger partial charge on any atom is 0.321 e. The van der Waals surface area contributed by atoms with Gasteiger partial charge in [0.1, 0.15) is 12.1 Å². The third kappa shape index (κ3) is 12.5. The average Bonchev–Trinajstić information content (AvgIpc) is 2.71. The van der Waals surface area contributed by atoms with Crippen LogP contribution in [0.3, 0.4) is 0 Å². The smallest absolute Gasteiger partial charge is 0.321 e. The predicted molar refractivity (Wildman–Crippen MR) is 153 cm³/mol. The number of carbonyl (C=O) groups is 4. The highest BCUT2D eigenvalue weighted by Crippen LogP contribution is 2.38. The summed E-state index contributed by atoms with van der Waals surface area (Å²) in [6, 6.07) is 3.19. The fraction of sp³-hybridized carbons (Fsp3) is 0.677. The third-order valence-corrected chi connectivity index (χ3v) is 6.12. The first kappa shape index (κ1) is 35.1. The van der Waals surface area contributed by atoms with Gasteiger partial charge in [0.15, 0.2) is 11.5 Å². The van der Waals surface area contributed by atoms with Crippen molar-refractivity contribution >= 4 is 23.9 Å². The summed E-state index contributed by atoms with van der Waals surface area (Å²) in [5.74, 6) is -3.99. The summed E-state index contributed by atoms with van der Waals surface area (Å²) in [5.41, 5.74) is 5.64. The molecule has 0 radical (unpaired) electrons. The van der Waals surface area contributed by atoms with Gasteiger partial charge in [-0.2, -0.15) is 0 Å². The molecule has 0 spiro atoms. The van der Waals surface area contributed by atoms with E-state index in [1.807, 2.05) is 62.3 Å². The van der Waals surface area contributed by atoms with Crippen LogP contribution < -0.4 is 15.2 Å². The average molecular weight is 564 g/mol. The number of esters is 3. The summed E-state index contributed by atoms with van der Waals surface area (Å²) < 4.78 is 16.9. The van der Waals surface area contributed by atoms with Crippen LogP contribution in [-0.4, -0.2) is 41.1 Å². The molecule has 226 valence electrons. The molecular weight excluding hydrogens is 514 g/mol. The van der Waals surface area contributed by atoms with E-state index in [0.717, 1.165) is 0 Å². The van der Waals surface area contributed by atoms with Crippen LogP contribution in [-0.2, 0) is 23.9 Å². The van der Waals surface area contributed by atoms with E-state index in [9.17, 15) is 24.3 Å². The number of rotatable bonds is 11. The van der Waals surface area contributed by atoms with E-state index in [1.165, 1.54) is 12.1 Å². The molecule has 1 aromatic carbocycles. The Morgan fingerprint density at radius 3 is 1.60 bits per heavy atom. The summed E-state index contributed by atoms with van der Waals surface area (Å²) in [4.78, 5) is 49.9. The van der Waals surface area contributed by atoms with Crippen molar-refractivity contribution in [2.75, 3.05) is 0 Å². The van der Waals surface area contributed by atoms with Gasteiger partial charge in [-0.15, -0.1) is 0 Å². The minimum atomic E-state index is -1.36. The van der Waals surface area contributed by atoms with E-state index in [2.05, 4.69) is 0 Å². The van der Waals surface area contributed by atoms with Crippen molar-refractivity contribution in [2.24, 2.45) is 27.9 Å². The first-order valence-corrected chi connectivity index (χ1v) is 13.7. The van der Waals surface area contributed by atoms with E-state index in [4.69, 9.17) is 19.9 Å². The van der Waals surface area contributed by atoms with Crippen LogP contribution in [0.5, 0.6) is 11.5 Å². The van der Waals surface area contributed by atoms with Gasteiger partial charge in [-0.05, 0) is 40.9 Å². The van der Waals surface area contributed by atoms with Gasteiger partial charge >= 0.3 is 23.9 Å². The zero-order valence-electron chi connectivity index (χ0n) is 26.0. The number of hydrogen-bond acceptors (Lipinski definition) is 8. The number of carbonyl (C=O) groups excluding carboxylic acids is 3. The highest BCUT2D eigenvalue weighted by atomic mass is 16.6. The topological polar surface area (TPSA) is 142 Å². The largest absolute Gasteiger partial charge is 0.480 e. The van der Waals surface area contributed by atoms with E-state index < -0.39 is 47.9 Å². The lowest BCUT2D eigenvalue weighted by Gasteiger charge is -2.32. The molecule has 0 fully saturated rings. The second-order valence-electron chi connectivity index (χ2n) is 14.3. The summed E-state index contributed by atoms with van der Waals surface area (Å²) in [7, 11) is 0. The predicted octanol–water partition coefficient (Wildman–Crippen LogP) is 5.87. The fourth-order valence-electron chi connectivity index (χ4n) is 4.15. The van der Waals surface area contributed by atoms with Crippen molar-refractivity contribution in [3.63, 3.8) is 0 Å². The molecule has 0 heterocycles. The molecule has 9 nitrogen and oxygen atoms in total. The van der Waals surface area contributed by atoms with E-state index >= 15 is 0 Å². The van der Waals surface area contributed by atoms with Gasteiger partial charge < -0.3 is 25.1 Å². The molecule has 1 rings (SSSR count). The number of carboxylic acid groups (broad SMARTS) is 1. The lowest BCUT2D eigenvalue weighted by atomic mass is 9.79. The molecule has 0 saturated heterocycles. The van der Waals surface area contributed by atoms with Crippen LogP contribution in [0.1, 0.15) is 107 Å². The second kappa shape index (κ2) is 13.6. The summed E-state index contributed by atoms with van der Waals surface area (Å²) in [6.45, 7) is 20.6. The van der Waals surface area contributed by atoms with E-state index in [1.54, 1.807) is 19.9 Å². The van der Waals surface area contributed by atoms with Gasteiger partial charge in [-0.25, -0.2) is 0 Å². The normalized spacial score (nSPS) is 15.4. The van der Waals surface area contributed by atoms with E-state index in [-0.39, 0.29) is 47.0 Å². The highest BCUT2D eigenvalue weighted by Gasteiger charge is 2.36. The Morgan fingerprint density at radius 1 is 0.750 bits per heavy atom. The Labute approximate surface area is 239 Å². The number of ether oxygens (including phenoxy) is 3. The summed E-state index contributed by atoms with van der Waals surface area (Å²) in [5, 5.41) is 9.82. The molecule has 3 unspecified atom stereocenters. The number of aliphatic carboxylic acids is 1. The first-order valence-electron chi connectivity index (χ1n) is 13.7. The van der Waals surface area contributed by atoms with Gasteiger partial charge in [-0.1, -0.05) is 75.3 Å². The molecule has 3 N–H and O–H groups in total. The molecule has 0 amide bonds. The van der Waals surface area contributed by atoms with Crippen LogP contribution in [0.15, 0.2) is 18.2 Å². The second-order valence-corrected chi connectivity index (χ2v) is 14.3. The van der Waals surface area contributed by atoms with Crippen molar-refractivity contribution in [1.29, 1.82) is 0 Å². The fourth-order valence-corrected chi connectivity index (χ4v) is 4.15. The minimum Gasteiger partial charge on any atom is -0.480 e. The van der Waals surface area contributed by atoms with Gasteiger partial charge in [-0.3, -0.25) is 19.2 Å². The van der Waals surface area contributed by atoms with Gasteiger partial charge in [0.25, 0.3) is 0 Å². The molecule has 0 aliphatic carbocycles. The SMILES string of the molecule is CC(OC(=O)CC(C)(C)C)C(C)C(c1ccc(OC(=O)CC(C)(C)C)c(OC(=O)CC(C)(C)C)c1)[C@H](N)C(=O)O. The van der Waals surface area contributed by atoms with Crippen molar-refractivity contribution in [3.8, 4) is 11.5 Å². The molecular formula is C31H49NO8. The maximum absolute atomic E-state index is 12.8. The summed E-state index contributed by atoms with van der Waals surface area (Å²) >= 11 is 0. The quantitative estimate of drug-likeness (QED) is 0.250. The lowest BCUT2D eigenvalue weighted by molar-refractivity contribution is -0.153. The Bertz CT molecular complexity index is 1060. The molecule has 0 aliphatic heterocycles. The zero-order chi connectivity index (χ0) is 31.2. The van der Waals surface area contributed by atoms with Crippen LogP contribution in [0.25, 0.3) is 0 Å². The van der Waals surface area contributed by atoms with Crippen LogP contribution in [0.4, 0.5) is 0 Å². The monoisotopic (exact) mass is 563 g/mol. The molecule has 40 heavy (non-hydrogen) atoms. The van der Waals surface area contributed by atoms with Crippen LogP contribution >= 0.6 is 0 Å². The Balaban J connectivity index is 3.49. The molecule has 0 aliphatic rings. The Kier molecular flexibility index (Phi) is 11.9. The number of nitrogens with two attached hydrogens (primary N) is 1. The summed E-state index contributed by atoms with van der Waals surface area (Å²) in [6.07, 6.45) is -0.240. The number of carboxylic acids is 1. The van der Waals surface area contributed by atoms with Crippen LogP contribution in [0.2, 0.25) is 0 Å². The van der Waals surface area contributed by atoms with Crippen molar-refractivity contribution in [3.05, 3.63) is 23.8 Å². The standard InChI is InChI=1S/C31H49NO8/c1-18(19(2)38-23(33)15-29(3,4)5)26(27(32)28(36)37)20-12-13-21(39-24(34)16-30(6,7)8)22(14-20)40-25(35)17-31(9,10)11/h12-14,18-19,26-27H,15-17,32H2,1-11H3,(H,36,37)/t18?,19?,26?,27-/m0/s1. The van der Waals surface area contributed by atoms with Gasteiger partial charge in [0.05, 0.1) is 19.3 Å². The molecule has 9 heteroatoms. The minimum absolute atomic E-state index is 0.0128. The first-order chi connectivity index (χ1) is 18.0. The van der Waals surface area contributed by atoms with Crippen molar-refractivity contribution in [2.45, 2.75) is 113 Å². The van der Waals surface area contributed by atoms with Gasteiger partial charge in [0, 0.05) is 11.8 Å². The third-order valence-electron chi connectivity index (χ3n) is 6.12. The maximum atomic E-state index is 12.8. The Morgan fingerprint density at radius 2 is 1.18 bits per heavy atom. The van der Waals surface area contributed by atoms with Crippen molar-refractivity contribution < 1.29 is 38.5 Å². The molecule has 4 atom stereocenters. The lowest BCUT2D eigenvalue weighted by Crippen LogP contribution is -2.42. The number of hydrogen-bond donors (Lipinski definition) is 2. The van der Waals surface area contributed by atoms with Crippen molar-refractivity contribution in [1.82, 2.24) is 0 Å². The molecule has 0 aromatic heterocycles. The van der Waals surface area contributed by atoms with Gasteiger partial charge in [0.2, 0.25) is 0 Å². The number of benzene rings is 1. The molecule has 0 bridgehead atoms. The Hall–Kier alpha value is -2.94. The highest BCUT2D eigenvalue weighted by molar-refractivity contribution is 5.78. The van der Waals surface area contributed by atoms with E-state index in [0.29, 0.717) is 5.56 Å². The molecule has 0 saturated carbocycles. The van der Waals surface area contributed by atoms with Crippen LogP contribution in [0, 0.1) is 22.2 Å².